The van der Waals surface area contributed by atoms with E-state index in [2.05, 4.69) is 25.1 Å². The van der Waals surface area contributed by atoms with Gasteiger partial charge >= 0.3 is 6.29 Å². The van der Waals surface area contributed by atoms with Crippen LogP contribution in [0.5, 0.6) is 11.5 Å². The minimum atomic E-state index is -3.71. The van der Waals surface area contributed by atoms with Crippen molar-refractivity contribution in [2.75, 3.05) is 5.32 Å². The Morgan fingerprint density at radius 2 is 1.84 bits per heavy atom. The maximum absolute atomic E-state index is 13.0. The maximum atomic E-state index is 13.0. The number of rotatable bonds is 3. The van der Waals surface area contributed by atoms with Gasteiger partial charge in [-0.2, -0.15) is 0 Å². The van der Waals surface area contributed by atoms with E-state index in [1.54, 1.807) is 0 Å². The molecule has 0 fully saturated rings. The molecule has 0 radical (unpaired) electrons. The third-order valence-electron chi connectivity index (χ3n) is 3.41. The zero-order chi connectivity index (χ0) is 17.4. The van der Waals surface area contributed by atoms with Gasteiger partial charge in [0, 0.05) is 11.8 Å². The zero-order valence-electron chi connectivity index (χ0n) is 12.5. The molecule has 1 aromatic heterocycles. The van der Waals surface area contributed by atoms with Gasteiger partial charge in [-0.05, 0) is 24.3 Å². The van der Waals surface area contributed by atoms with E-state index in [0.717, 1.165) is 5.69 Å². The molecule has 1 aliphatic heterocycles. The second-order valence-corrected chi connectivity index (χ2v) is 5.17. The van der Waals surface area contributed by atoms with Crippen molar-refractivity contribution in [3.8, 4) is 17.2 Å². The quantitative estimate of drug-likeness (QED) is 0.790. The molecule has 2 heterocycles. The summed E-state index contributed by atoms with van der Waals surface area (Å²) in [4.78, 5) is 12.2. The number of hydrogen-bond acceptors (Lipinski definition) is 5. The van der Waals surface area contributed by atoms with Gasteiger partial charge in [-0.15, -0.1) is 13.9 Å². The number of halogens is 2. The average molecular weight is 344 g/mol. The first-order valence-electron chi connectivity index (χ1n) is 7.19. The van der Waals surface area contributed by atoms with E-state index in [1.807, 2.05) is 30.3 Å². The summed E-state index contributed by atoms with van der Waals surface area (Å²) in [7, 11) is 0. The first-order valence-corrected chi connectivity index (χ1v) is 7.19. The summed E-state index contributed by atoms with van der Waals surface area (Å²) in [5.74, 6) is -0.790. The van der Waals surface area contributed by atoms with Crippen LogP contribution in [0.15, 0.2) is 54.7 Å². The van der Waals surface area contributed by atoms with Gasteiger partial charge in [0.15, 0.2) is 17.2 Å². The molecular formula is C16H10F2N4O3. The number of benzene rings is 2. The van der Waals surface area contributed by atoms with E-state index < -0.39 is 12.2 Å². The van der Waals surface area contributed by atoms with Crippen LogP contribution in [-0.4, -0.2) is 27.2 Å². The maximum Gasteiger partial charge on any atom is 0.586 e. The fraction of sp³-hybridized carbons (Fsp3) is 0.0625. The number of amides is 1. The van der Waals surface area contributed by atoms with Gasteiger partial charge in [0.1, 0.15) is 0 Å². The van der Waals surface area contributed by atoms with Gasteiger partial charge in [-0.25, -0.2) is 4.68 Å². The summed E-state index contributed by atoms with van der Waals surface area (Å²) in [5, 5.41) is 10.2. The molecule has 0 unspecified atom stereocenters. The number of carbonyl (C=O) groups excluding carboxylic acids is 1. The molecule has 0 saturated heterocycles. The predicted octanol–water partition coefficient (Wildman–Crippen LogP) is 2.84. The molecule has 0 bridgehead atoms. The van der Waals surface area contributed by atoms with E-state index in [0.29, 0.717) is 0 Å². The van der Waals surface area contributed by atoms with Gasteiger partial charge < -0.3 is 14.8 Å². The largest absolute Gasteiger partial charge is 0.586 e. The van der Waals surface area contributed by atoms with Crippen LogP contribution < -0.4 is 14.8 Å². The molecule has 1 amide bonds. The summed E-state index contributed by atoms with van der Waals surface area (Å²) in [6.07, 6.45) is -2.24. The van der Waals surface area contributed by atoms with E-state index in [-0.39, 0.29) is 22.9 Å². The van der Waals surface area contributed by atoms with Crippen LogP contribution >= 0.6 is 0 Å². The Hall–Kier alpha value is -3.49. The van der Waals surface area contributed by atoms with Crippen molar-refractivity contribution in [2.45, 2.75) is 6.29 Å². The van der Waals surface area contributed by atoms with Crippen molar-refractivity contribution < 1.29 is 23.0 Å². The number of anilines is 1. The Morgan fingerprint density at radius 3 is 2.64 bits per heavy atom. The Bertz CT molecular complexity index is 944. The van der Waals surface area contributed by atoms with Gasteiger partial charge in [0.05, 0.1) is 11.9 Å². The topological polar surface area (TPSA) is 78.3 Å². The lowest BCUT2D eigenvalue weighted by atomic mass is 10.2. The predicted molar refractivity (Wildman–Crippen MR) is 82.0 cm³/mol. The summed E-state index contributed by atoms with van der Waals surface area (Å²) >= 11 is 0. The highest BCUT2D eigenvalue weighted by Crippen LogP contribution is 2.42. The summed E-state index contributed by atoms with van der Waals surface area (Å²) in [5.41, 5.74) is 1.09. The van der Waals surface area contributed by atoms with Crippen molar-refractivity contribution in [3.63, 3.8) is 0 Å². The number of fused-ring (bicyclic) bond motifs is 1. The first kappa shape index (κ1) is 15.1. The Kier molecular flexibility index (Phi) is 3.34. The third kappa shape index (κ3) is 2.99. The minimum Gasteiger partial charge on any atom is -0.395 e. The Balaban J connectivity index is 1.51. The number of alkyl halides is 2. The number of para-hydroxylation sites is 1. The van der Waals surface area contributed by atoms with Crippen LogP contribution in [0.4, 0.5) is 14.5 Å². The SMILES string of the molecule is O=C(Nc1ccc2c(c1)OC(F)(F)O2)c1cn(-c2ccccc2)nn1. The number of ether oxygens (including phenoxy) is 2. The van der Waals surface area contributed by atoms with Crippen LogP contribution in [0.2, 0.25) is 0 Å². The average Bonchev–Trinajstić information content (AvgIpc) is 3.18. The Morgan fingerprint density at radius 1 is 1.08 bits per heavy atom. The van der Waals surface area contributed by atoms with E-state index >= 15 is 0 Å². The van der Waals surface area contributed by atoms with Crippen LogP contribution in [0.25, 0.3) is 5.69 Å². The fourth-order valence-corrected chi connectivity index (χ4v) is 2.30. The first-order chi connectivity index (χ1) is 12.0. The van der Waals surface area contributed by atoms with Gasteiger partial charge in [-0.1, -0.05) is 23.4 Å². The zero-order valence-corrected chi connectivity index (χ0v) is 12.5. The van der Waals surface area contributed by atoms with Gasteiger partial charge in [-0.3, -0.25) is 4.79 Å². The Labute approximate surface area is 139 Å². The smallest absolute Gasteiger partial charge is 0.395 e. The molecule has 0 atom stereocenters. The lowest BCUT2D eigenvalue weighted by Crippen LogP contribution is -2.25. The van der Waals surface area contributed by atoms with Crippen LogP contribution in [0, 0.1) is 0 Å². The lowest BCUT2D eigenvalue weighted by molar-refractivity contribution is -0.286. The van der Waals surface area contributed by atoms with Crippen LogP contribution in [0.3, 0.4) is 0 Å². The van der Waals surface area contributed by atoms with Crippen molar-refractivity contribution in [1.29, 1.82) is 0 Å². The van der Waals surface area contributed by atoms with Gasteiger partial charge in [0.25, 0.3) is 5.91 Å². The van der Waals surface area contributed by atoms with Crippen molar-refractivity contribution in [2.24, 2.45) is 0 Å². The third-order valence-corrected chi connectivity index (χ3v) is 3.41. The van der Waals surface area contributed by atoms with Crippen molar-refractivity contribution in [3.05, 3.63) is 60.4 Å². The molecule has 1 aliphatic rings. The second-order valence-electron chi connectivity index (χ2n) is 5.17. The van der Waals surface area contributed by atoms with E-state index in [9.17, 15) is 13.6 Å². The molecule has 25 heavy (non-hydrogen) atoms. The van der Waals surface area contributed by atoms with Gasteiger partial charge in [0.2, 0.25) is 0 Å². The number of carbonyl (C=O) groups is 1. The molecule has 7 nitrogen and oxygen atoms in total. The molecular weight excluding hydrogens is 334 g/mol. The monoisotopic (exact) mass is 344 g/mol. The van der Waals surface area contributed by atoms with Crippen molar-refractivity contribution in [1.82, 2.24) is 15.0 Å². The molecule has 9 heteroatoms. The van der Waals surface area contributed by atoms with Crippen LogP contribution in [0.1, 0.15) is 10.5 Å². The molecule has 126 valence electrons. The van der Waals surface area contributed by atoms with Crippen LogP contribution in [-0.2, 0) is 0 Å². The number of nitrogens with one attached hydrogen (secondary N) is 1. The summed E-state index contributed by atoms with van der Waals surface area (Å²) < 4.78 is 36.1. The molecule has 1 N–H and O–H groups in total. The molecule has 4 rings (SSSR count). The summed E-state index contributed by atoms with van der Waals surface area (Å²) in [6.45, 7) is 0. The summed E-state index contributed by atoms with van der Waals surface area (Å²) in [6, 6.07) is 13.1. The van der Waals surface area contributed by atoms with Crippen molar-refractivity contribution >= 4 is 11.6 Å². The molecule has 2 aromatic carbocycles. The molecule has 0 saturated carbocycles. The van der Waals surface area contributed by atoms with E-state index in [4.69, 9.17) is 0 Å². The number of hydrogen-bond donors (Lipinski definition) is 1. The molecule has 0 aliphatic carbocycles. The highest BCUT2D eigenvalue weighted by Gasteiger charge is 2.43. The standard InChI is InChI=1S/C16H10F2N4O3/c17-16(18)24-13-7-6-10(8-14(13)25-16)19-15(23)12-9-22(21-20-12)11-4-2-1-3-5-11/h1-9H,(H,19,23). The lowest BCUT2D eigenvalue weighted by Gasteiger charge is -2.04. The minimum absolute atomic E-state index is 0.0758. The number of aromatic nitrogens is 3. The molecule has 0 spiro atoms. The highest BCUT2D eigenvalue weighted by molar-refractivity contribution is 6.02. The highest BCUT2D eigenvalue weighted by atomic mass is 19.3. The van der Waals surface area contributed by atoms with E-state index in [1.165, 1.54) is 29.1 Å². The second kappa shape index (κ2) is 5.55. The fourth-order valence-electron chi connectivity index (χ4n) is 2.30. The number of nitrogens with zero attached hydrogens (tertiary/aromatic N) is 3. The normalized spacial score (nSPS) is 14.3. The molecule has 3 aromatic rings.